The number of carbonyl (C=O) groups is 1. The molecule has 0 spiro atoms. The lowest BCUT2D eigenvalue weighted by atomic mass is 10.1. The summed E-state index contributed by atoms with van der Waals surface area (Å²) in [5, 5.41) is 10.9. The van der Waals surface area contributed by atoms with Gasteiger partial charge in [-0.2, -0.15) is 4.31 Å². The number of benzene rings is 2. The van der Waals surface area contributed by atoms with Gasteiger partial charge in [-0.05, 0) is 44.5 Å². The Hall–Kier alpha value is -2.78. The van der Waals surface area contributed by atoms with Crippen LogP contribution in [0.3, 0.4) is 0 Å². The maximum Gasteiger partial charge on any atom is 0.338 e. The Bertz CT molecular complexity index is 987. The molecule has 150 valence electrons. The first-order chi connectivity index (χ1) is 13.0. The van der Waals surface area contributed by atoms with Crippen LogP contribution in [0, 0.1) is 10.1 Å². The molecule has 0 N–H and O–H groups in total. The first-order valence-electron chi connectivity index (χ1n) is 8.57. The number of ether oxygens (including phenoxy) is 1. The molecule has 0 unspecified atom stereocenters. The van der Waals surface area contributed by atoms with Gasteiger partial charge >= 0.3 is 5.97 Å². The number of sulfonamides is 1. The van der Waals surface area contributed by atoms with E-state index in [0.717, 1.165) is 0 Å². The standard InChI is InChI=1S/C19H22N2O6S/c1-13(2)20(4)28(25,26)18-10-6-8-16(12-18)19(22)27-14(3)15-7-5-9-17(11-15)21(23)24/h5-14H,1-4H3/t14-/m1/s1. The Morgan fingerprint density at radius 2 is 1.75 bits per heavy atom. The van der Waals surface area contributed by atoms with E-state index in [1.54, 1.807) is 26.8 Å². The fraction of sp³-hybridized carbons (Fsp3) is 0.316. The molecule has 2 aromatic carbocycles. The predicted octanol–water partition coefficient (Wildman–Crippen LogP) is 3.54. The van der Waals surface area contributed by atoms with Crippen molar-refractivity contribution >= 4 is 21.7 Å². The molecule has 8 nitrogen and oxygen atoms in total. The third kappa shape index (κ3) is 4.73. The molecule has 0 heterocycles. The van der Waals surface area contributed by atoms with Crippen LogP contribution in [-0.2, 0) is 14.8 Å². The van der Waals surface area contributed by atoms with Gasteiger partial charge in [-0.1, -0.05) is 18.2 Å². The number of nitro groups is 1. The Morgan fingerprint density at radius 3 is 2.36 bits per heavy atom. The number of rotatable bonds is 7. The minimum Gasteiger partial charge on any atom is -0.454 e. The van der Waals surface area contributed by atoms with Gasteiger partial charge in [0.15, 0.2) is 0 Å². The molecule has 2 aromatic rings. The van der Waals surface area contributed by atoms with Crippen LogP contribution in [0.2, 0.25) is 0 Å². The number of carbonyl (C=O) groups excluding carboxylic acids is 1. The van der Waals surface area contributed by atoms with Crippen molar-refractivity contribution in [2.45, 2.75) is 37.8 Å². The minimum absolute atomic E-state index is 0.0128. The molecule has 0 fully saturated rings. The molecule has 0 amide bonds. The van der Waals surface area contributed by atoms with Gasteiger partial charge in [-0.25, -0.2) is 13.2 Å². The van der Waals surface area contributed by atoms with Gasteiger partial charge in [-0.15, -0.1) is 0 Å². The van der Waals surface area contributed by atoms with E-state index in [1.165, 1.54) is 53.8 Å². The van der Waals surface area contributed by atoms with Crippen LogP contribution in [0.25, 0.3) is 0 Å². The fourth-order valence-electron chi connectivity index (χ4n) is 2.42. The lowest BCUT2D eigenvalue weighted by Crippen LogP contribution is -2.33. The summed E-state index contributed by atoms with van der Waals surface area (Å²) in [7, 11) is -2.27. The quantitative estimate of drug-likeness (QED) is 0.395. The van der Waals surface area contributed by atoms with Crippen molar-refractivity contribution in [3.05, 3.63) is 69.8 Å². The largest absolute Gasteiger partial charge is 0.454 e. The summed E-state index contributed by atoms with van der Waals surface area (Å²) >= 11 is 0. The molecule has 0 aliphatic heterocycles. The monoisotopic (exact) mass is 406 g/mol. The molecule has 9 heteroatoms. The van der Waals surface area contributed by atoms with Crippen molar-refractivity contribution in [3.63, 3.8) is 0 Å². The highest BCUT2D eigenvalue weighted by atomic mass is 32.2. The minimum atomic E-state index is -3.74. The summed E-state index contributed by atoms with van der Waals surface area (Å²) in [6.45, 7) is 5.08. The molecule has 0 aromatic heterocycles. The van der Waals surface area contributed by atoms with E-state index in [4.69, 9.17) is 4.74 Å². The van der Waals surface area contributed by atoms with E-state index in [-0.39, 0.29) is 22.2 Å². The number of hydrogen-bond acceptors (Lipinski definition) is 6. The molecule has 0 aliphatic rings. The second-order valence-corrected chi connectivity index (χ2v) is 8.54. The van der Waals surface area contributed by atoms with Crippen LogP contribution in [-0.4, -0.2) is 36.7 Å². The third-order valence-electron chi connectivity index (χ3n) is 4.31. The molecular formula is C19H22N2O6S. The van der Waals surface area contributed by atoms with Gasteiger partial charge in [-0.3, -0.25) is 10.1 Å². The summed E-state index contributed by atoms with van der Waals surface area (Å²) < 4.78 is 31.8. The van der Waals surface area contributed by atoms with E-state index >= 15 is 0 Å². The Balaban J connectivity index is 2.24. The maximum atomic E-state index is 12.6. The van der Waals surface area contributed by atoms with E-state index in [2.05, 4.69) is 0 Å². The van der Waals surface area contributed by atoms with Crippen LogP contribution >= 0.6 is 0 Å². The lowest BCUT2D eigenvalue weighted by molar-refractivity contribution is -0.385. The average Bonchev–Trinajstić information content (AvgIpc) is 2.67. The molecule has 0 radical (unpaired) electrons. The van der Waals surface area contributed by atoms with Crippen LogP contribution in [0.5, 0.6) is 0 Å². The fourth-order valence-corrected chi connectivity index (χ4v) is 3.83. The number of nitro benzene ring substituents is 1. The third-order valence-corrected chi connectivity index (χ3v) is 6.34. The predicted molar refractivity (Wildman–Crippen MR) is 103 cm³/mol. The van der Waals surface area contributed by atoms with Crippen LogP contribution in [0.15, 0.2) is 53.4 Å². The smallest absolute Gasteiger partial charge is 0.338 e. The van der Waals surface area contributed by atoms with Crippen molar-refractivity contribution in [3.8, 4) is 0 Å². The number of hydrogen-bond donors (Lipinski definition) is 0. The van der Waals surface area contributed by atoms with Gasteiger partial charge in [0, 0.05) is 25.2 Å². The summed E-state index contributed by atoms with van der Waals surface area (Å²) in [5.74, 6) is -0.719. The van der Waals surface area contributed by atoms with E-state index in [0.29, 0.717) is 5.56 Å². The zero-order valence-corrected chi connectivity index (χ0v) is 16.8. The highest BCUT2D eigenvalue weighted by Crippen LogP contribution is 2.24. The molecule has 0 bridgehead atoms. The van der Waals surface area contributed by atoms with Gasteiger partial charge < -0.3 is 4.74 Å². The summed E-state index contributed by atoms with van der Waals surface area (Å²) in [4.78, 5) is 22.8. The van der Waals surface area contributed by atoms with Crippen LogP contribution in [0.1, 0.15) is 42.8 Å². The second-order valence-electron chi connectivity index (χ2n) is 6.54. The van der Waals surface area contributed by atoms with Gasteiger partial charge in [0.25, 0.3) is 5.69 Å². The SMILES string of the molecule is CC(C)N(C)S(=O)(=O)c1cccc(C(=O)O[C@H](C)c2cccc([N+](=O)[O-])c2)c1. The first kappa shape index (κ1) is 21.5. The molecule has 0 saturated heterocycles. The zero-order chi connectivity index (χ0) is 21.1. The first-order valence-corrected chi connectivity index (χ1v) is 10.0. The van der Waals surface area contributed by atoms with Gasteiger partial charge in [0.1, 0.15) is 6.10 Å². The molecule has 0 saturated carbocycles. The number of non-ortho nitro benzene ring substituents is 1. The molecule has 1 atom stereocenters. The molecule has 0 aliphatic carbocycles. The normalized spacial score (nSPS) is 12.8. The van der Waals surface area contributed by atoms with E-state index in [1.807, 2.05) is 0 Å². The lowest BCUT2D eigenvalue weighted by Gasteiger charge is -2.21. The van der Waals surface area contributed by atoms with Crippen LogP contribution < -0.4 is 0 Å². The summed E-state index contributed by atoms with van der Waals surface area (Å²) in [5.41, 5.74) is 0.437. The topological polar surface area (TPSA) is 107 Å². The maximum absolute atomic E-state index is 12.6. The Morgan fingerprint density at radius 1 is 1.11 bits per heavy atom. The van der Waals surface area contributed by atoms with Crippen molar-refractivity contribution in [1.29, 1.82) is 0 Å². The molecule has 28 heavy (non-hydrogen) atoms. The highest BCUT2D eigenvalue weighted by molar-refractivity contribution is 7.89. The van der Waals surface area contributed by atoms with Crippen molar-refractivity contribution < 1.29 is 22.9 Å². The summed E-state index contributed by atoms with van der Waals surface area (Å²) in [6.07, 6.45) is -0.744. The summed E-state index contributed by atoms with van der Waals surface area (Å²) in [6, 6.07) is 11.2. The average molecular weight is 406 g/mol. The Kier molecular flexibility index (Phi) is 6.52. The Labute approximate surface area is 163 Å². The van der Waals surface area contributed by atoms with E-state index < -0.39 is 27.0 Å². The number of esters is 1. The molecule has 2 rings (SSSR count). The van der Waals surface area contributed by atoms with Crippen molar-refractivity contribution in [1.82, 2.24) is 4.31 Å². The second kappa shape index (κ2) is 8.49. The zero-order valence-electron chi connectivity index (χ0n) is 16.0. The highest BCUT2D eigenvalue weighted by Gasteiger charge is 2.24. The molecular weight excluding hydrogens is 384 g/mol. The van der Waals surface area contributed by atoms with Crippen molar-refractivity contribution in [2.24, 2.45) is 0 Å². The van der Waals surface area contributed by atoms with E-state index in [9.17, 15) is 23.3 Å². The van der Waals surface area contributed by atoms with Gasteiger partial charge in [0.05, 0.1) is 15.4 Å². The number of nitrogens with zero attached hydrogens (tertiary/aromatic N) is 2. The van der Waals surface area contributed by atoms with Crippen LogP contribution in [0.4, 0.5) is 5.69 Å². The van der Waals surface area contributed by atoms with Gasteiger partial charge in [0.2, 0.25) is 10.0 Å². The van der Waals surface area contributed by atoms with Crippen molar-refractivity contribution in [2.75, 3.05) is 7.05 Å².